The topological polar surface area (TPSA) is 40.9 Å². The van der Waals surface area contributed by atoms with Crippen molar-refractivity contribution in [3.8, 4) is 6.07 Å². The summed E-state index contributed by atoms with van der Waals surface area (Å²) in [6.07, 6.45) is 0. The van der Waals surface area contributed by atoms with Crippen LogP contribution in [-0.4, -0.2) is 5.78 Å². The lowest BCUT2D eigenvalue weighted by atomic mass is 10.0. The Morgan fingerprint density at radius 3 is 2.79 bits per heavy atom. The van der Waals surface area contributed by atoms with Crippen molar-refractivity contribution in [1.82, 2.24) is 0 Å². The van der Waals surface area contributed by atoms with Gasteiger partial charge in [-0.15, -0.1) is 0 Å². The molecular formula is C10H7BrClNO. The van der Waals surface area contributed by atoms with E-state index in [4.69, 9.17) is 16.9 Å². The van der Waals surface area contributed by atoms with E-state index in [1.807, 2.05) is 6.07 Å². The fourth-order valence-corrected chi connectivity index (χ4v) is 1.69. The monoisotopic (exact) mass is 271 g/mol. The summed E-state index contributed by atoms with van der Waals surface area (Å²) in [5.74, 6) is -0.0521. The molecule has 0 amide bonds. The first-order valence-electron chi connectivity index (χ1n) is 3.91. The van der Waals surface area contributed by atoms with Gasteiger partial charge in [-0.2, -0.15) is 5.26 Å². The molecule has 0 bridgehead atoms. The second-order valence-corrected chi connectivity index (χ2v) is 4.11. The zero-order valence-electron chi connectivity index (χ0n) is 7.42. The Morgan fingerprint density at radius 2 is 2.29 bits per heavy atom. The molecule has 0 aromatic heterocycles. The molecule has 0 N–H and O–H groups in total. The molecule has 0 aliphatic heterocycles. The number of rotatable bonds is 2. The summed E-state index contributed by atoms with van der Waals surface area (Å²) in [6.45, 7) is 1.46. The van der Waals surface area contributed by atoms with E-state index in [0.717, 1.165) is 0 Å². The summed E-state index contributed by atoms with van der Waals surface area (Å²) >= 11 is 9.04. The van der Waals surface area contributed by atoms with Gasteiger partial charge in [0.05, 0.1) is 15.4 Å². The summed E-state index contributed by atoms with van der Waals surface area (Å²) in [4.78, 5) is 10.7. The molecule has 14 heavy (non-hydrogen) atoms. The van der Waals surface area contributed by atoms with Gasteiger partial charge >= 0.3 is 0 Å². The molecule has 0 saturated carbocycles. The van der Waals surface area contributed by atoms with E-state index in [9.17, 15) is 4.79 Å². The highest BCUT2D eigenvalue weighted by Crippen LogP contribution is 2.30. The lowest BCUT2D eigenvalue weighted by molar-refractivity contribution is -0.116. The third-order valence-electron chi connectivity index (χ3n) is 1.79. The molecule has 0 saturated heterocycles. The third-order valence-corrected chi connectivity index (χ3v) is 3.24. The average molecular weight is 273 g/mol. The molecule has 0 aliphatic rings. The van der Waals surface area contributed by atoms with Gasteiger partial charge in [-0.3, -0.25) is 4.79 Å². The van der Waals surface area contributed by atoms with Crippen LogP contribution in [-0.2, 0) is 4.79 Å². The Hall–Kier alpha value is -0.850. The van der Waals surface area contributed by atoms with Crippen molar-refractivity contribution in [3.05, 3.63) is 34.3 Å². The van der Waals surface area contributed by atoms with Gasteiger partial charge in [0.15, 0.2) is 0 Å². The molecule has 0 aliphatic carbocycles. The fourth-order valence-electron chi connectivity index (χ4n) is 1.09. The Kier molecular flexibility index (Phi) is 3.68. The molecule has 2 nitrogen and oxygen atoms in total. The van der Waals surface area contributed by atoms with Crippen LogP contribution in [0.15, 0.2) is 18.2 Å². The highest BCUT2D eigenvalue weighted by molar-refractivity contribution is 9.09. The van der Waals surface area contributed by atoms with Gasteiger partial charge in [-0.05, 0) is 18.6 Å². The third kappa shape index (κ3) is 2.14. The Balaban J connectivity index is 3.29. The molecule has 72 valence electrons. The van der Waals surface area contributed by atoms with Crippen molar-refractivity contribution < 1.29 is 4.79 Å². The van der Waals surface area contributed by atoms with E-state index in [-0.39, 0.29) is 5.78 Å². The number of nitriles is 1. The number of hydrogen-bond donors (Lipinski definition) is 0. The molecule has 1 rings (SSSR count). The largest absolute Gasteiger partial charge is 0.298 e. The standard InChI is InChI=1S/C10H7BrClNO/c1-6(14)10(11)7-3-2-4-9(12)8(7)5-13/h2-4,10H,1H3. The minimum Gasteiger partial charge on any atom is -0.298 e. The molecule has 1 aromatic carbocycles. The molecular weight excluding hydrogens is 265 g/mol. The lowest BCUT2D eigenvalue weighted by Gasteiger charge is -2.08. The van der Waals surface area contributed by atoms with E-state index in [1.54, 1.807) is 18.2 Å². The van der Waals surface area contributed by atoms with Crippen LogP contribution in [0.25, 0.3) is 0 Å². The molecule has 1 aromatic rings. The molecule has 4 heteroatoms. The summed E-state index contributed by atoms with van der Waals surface area (Å²) in [6, 6.07) is 7.05. The predicted molar refractivity (Wildman–Crippen MR) is 58.5 cm³/mol. The van der Waals surface area contributed by atoms with Gasteiger partial charge < -0.3 is 0 Å². The number of hydrogen-bond acceptors (Lipinski definition) is 2. The SMILES string of the molecule is CC(=O)C(Br)c1cccc(Cl)c1C#N. The van der Waals surface area contributed by atoms with Crippen molar-refractivity contribution >= 4 is 33.3 Å². The summed E-state index contributed by atoms with van der Waals surface area (Å²) < 4.78 is 0. The van der Waals surface area contributed by atoms with Crippen LogP contribution in [0, 0.1) is 11.3 Å². The number of nitrogens with zero attached hydrogens (tertiary/aromatic N) is 1. The Labute approximate surface area is 95.6 Å². The molecule has 1 unspecified atom stereocenters. The van der Waals surface area contributed by atoms with Crippen LogP contribution in [0.1, 0.15) is 22.9 Å². The van der Waals surface area contributed by atoms with Crippen LogP contribution in [0.5, 0.6) is 0 Å². The maximum Gasteiger partial charge on any atom is 0.147 e. The lowest BCUT2D eigenvalue weighted by Crippen LogP contribution is -2.03. The van der Waals surface area contributed by atoms with Crippen LogP contribution in [0.4, 0.5) is 0 Å². The summed E-state index contributed by atoms with van der Waals surface area (Å²) in [7, 11) is 0. The average Bonchev–Trinajstić information content (AvgIpc) is 2.16. The fraction of sp³-hybridized carbons (Fsp3) is 0.200. The molecule has 0 heterocycles. The maximum absolute atomic E-state index is 11.1. The van der Waals surface area contributed by atoms with Crippen molar-refractivity contribution in [2.24, 2.45) is 0 Å². The van der Waals surface area contributed by atoms with Gasteiger partial charge in [0.25, 0.3) is 0 Å². The van der Waals surface area contributed by atoms with Gasteiger partial charge in [-0.25, -0.2) is 0 Å². The zero-order valence-corrected chi connectivity index (χ0v) is 9.76. The second kappa shape index (κ2) is 4.59. The normalized spacial score (nSPS) is 11.9. The molecule has 0 radical (unpaired) electrons. The van der Waals surface area contributed by atoms with Crippen molar-refractivity contribution in [1.29, 1.82) is 5.26 Å². The number of halogens is 2. The van der Waals surface area contributed by atoms with Crippen LogP contribution in [0.2, 0.25) is 5.02 Å². The van der Waals surface area contributed by atoms with Crippen LogP contribution >= 0.6 is 27.5 Å². The van der Waals surface area contributed by atoms with Crippen LogP contribution in [0.3, 0.4) is 0 Å². The number of benzene rings is 1. The Morgan fingerprint density at radius 1 is 1.64 bits per heavy atom. The zero-order chi connectivity index (χ0) is 10.7. The highest BCUT2D eigenvalue weighted by atomic mass is 79.9. The number of ketones is 1. The van der Waals surface area contributed by atoms with E-state index in [0.29, 0.717) is 16.1 Å². The van der Waals surface area contributed by atoms with E-state index in [1.165, 1.54) is 6.92 Å². The Bertz CT molecular complexity index is 411. The quantitative estimate of drug-likeness (QED) is 0.776. The van der Waals surface area contributed by atoms with E-state index < -0.39 is 4.83 Å². The summed E-state index contributed by atoms with van der Waals surface area (Å²) in [5.41, 5.74) is 0.971. The van der Waals surface area contributed by atoms with Crippen molar-refractivity contribution in [2.75, 3.05) is 0 Å². The van der Waals surface area contributed by atoms with Gasteiger partial charge in [0.1, 0.15) is 11.9 Å². The predicted octanol–water partition coefficient (Wildman–Crippen LogP) is 3.24. The van der Waals surface area contributed by atoms with Crippen molar-refractivity contribution in [2.45, 2.75) is 11.8 Å². The first kappa shape index (κ1) is 11.2. The van der Waals surface area contributed by atoms with E-state index in [2.05, 4.69) is 15.9 Å². The number of carbonyl (C=O) groups is 1. The first-order chi connectivity index (χ1) is 6.57. The molecule has 0 fully saturated rings. The van der Waals surface area contributed by atoms with Gasteiger partial charge in [0.2, 0.25) is 0 Å². The highest BCUT2D eigenvalue weighted by Gasteiger charge is 2.17. The number of carbonyl (C=O) groups excluding carboxylic acids is 1. The minimum absolute atomic E-state index is 0.0521. The molecule has 1 atom stereocenters. The van der Waals surface area contributed by atoms with E-state index >= 15 is 0 Å². The first-order valence-corrected chi connectivity index (χ1v) is 5.20. The smallest absolute Gasteiger partial charge is 0.147 e. The van der Waals surface area contributed by atoms with Crippen LogP contribution < -0.4 is 0 Å². The van der Waals surface area contributed by atoms with Gasteiger partial charge in [-0.1, -0.05) is 39.7 Å². The maximum atomic E-state index is 11.1. The number of alkyl halides is 1. The second-order valence-electron chi connectivity index (χ2n) is 2.79. The van der Waals surface area contributed by atoms with Crippen molar-refractivity contribution in [3.63, 3.8) is 0 Å². The summed E-state index contributed by atoms with van der Waals surface area (Å²) in [5, 5.41) is 9.23. The molecule has 0 spiro atoms. The minimum atomic E-state index is -0.462. The number of Topliss-reactive ketones (excluding diaryl/α,β-unsaturated/α-hetero) is 1. The van der Waals surface area contributed by atoms with Gasteiger partial charge in [0, 0.05) is 0 Å².